The molecule has 0 rings (SSSR count). The Labute approximate surface area is 407 Å². The third kappa shape index (κ3) is 51.3. The summed E-state index contributed by atoms with van der Waals surface area (Å²) in [5.41, 5.74) is 0. The fourth-order valence-corrected chi connectivity index (χ4v) is 7.24. The van der Waals surface area contributed by atoms with Gasteiger partial charge in [-0.1, -0.05) is 221 Å². The Morgan fingerprint density at radius 1 is 0.318 bits per heavy atom. The number of ether oxygens (including phenoxy) is 3. The van der Waals surface area contributed by atoms with Crippen LogP contribution in [0.1, 0.15) is 245 Å². The normalized spacial score (nSPS) is 12.8. The molecular formula is C60H100O6. The molecule has 0 saturated carbocycles. The summed E-state index contributed by atoms with van der Waals surface area (Å²) in [5.74, 6) is -0.953. The van der Waals surface area contributed by atoms with Crippen molar-refractivity contribution in [1.29, 1.82) is 0 Å². The highest BCUT2D eigenvalue weighted by Gasteiger charge is 2.19. The van der Waals surface area contributed by atoms with Crippen molar-refractivity contribution in [2.45, 2.75) is 252 Å². The van der Waals surface area contributed by atoms with E-state index in [0.29, 0.717) is 12.8 Å². The zero-order valence-corrected chi connectivity index (χ0v) is 42.9. The van der Waals surface area contributed by atoms with Gasteiger partial charge in [0.1, 0.15) is 13.2 Å². The van der Waals surface area contributed by atoms with Crippen LogP contribution in [0, 0.1) is 0 Å². The molecule has 0 radical (unpaired) electrons. The van der Waals surface area contributed by atoms with E-state index in [2.05, 4.69) is 118 Å². The van der Waals surface area contributed by atoms with Crippen LogP contribution in [0.2, 0.25) is 0 Å². The van der Waals surface area contributed by atoms with Gasteiger partial charge in [-0.15, -0.1) is 0 Å². The van der Waals surface area contributed by atoms with Crippen LogP contribution in [0.4, 0.5) is 0 Å². The van der Waals surface area contributed by atoms with Crippen LogP contribution in [0.25, 0.3) is 0 Å². The number of carbonyl (C=O) groups excluding carboxylic acids is 3. The number of allylic oxidation sites excluding steroid dienone is 16. The van der Waals surface area contributed by atoms with Crippen LogP contribution < -0.4 is 0 Å². The molecule has 0 aromatic heterocycles. The number of esters is 3. The molecule has 0 saturated heterocycles. The molecule has 0 aromatic carbocycles. The second kappa shape index (κ2) is 53.9. The Balaban J connectivity index is 4.49. The first kappa shape index (κ1) is 62.3. The minimum atomic E-state index is -0.804. The lowest BCUT2D eigenvalue weighted by Crippen LogP contribution is -2.30. The maximum Gasteiger partial charge on any atom is 0.306 e. The Kier molecular flexibility index (Phi) is 50.9. The fraction of sp³-hybridized carbons (Fsp3) is 0.683. The van der Waals surface area contributed by atoms with Crippen LogP contribution in [-0.2, 0) is 28.6 Å². The standard InChI is InChI=1S/C60H100O6/c1-4-7-10-13-16-19-22-25-27-29-30-32-34-36-39-42-45-48-51-54-60(63)66-57(55-64-58(61)52-49-46-43-40-37-24-21-18-15-12-9-6-3)56-65-59(62)53-50-47-44-41-38-35-33-31-28-26-23-20-17-14-11-8-5-2/h8,11,16-17,19-20,25-28,30,32-33,35-36,39,57H,4-7,9-10,12-15,18,21-24,29,31,34,37-38,40-56H2,1-3H3/b11-8-,19-16-,20-17-,27-25-,28-26-,32-30-,35-33-,39-36-/t57-/m0/s1. The van der Waals surface area contributed by atoms with Crippen molar-refractivity contribution in [3.63, 3.8) is 0 Å². The first-order valence-electron chi connectivity index (χ1n) is 27.2. The minimum Gasteiger partial charge on any atom is -0.462 e. The molecule has 0 aromatic rings. The number of hydrogen-bond donors (Lipinski definition) is 0. The van der Waals surface area contributed by atoms with E-state index < -0.39 is 6.10 Å². The van der Waals surface area contributed by atoms with E-state index in [9.17, 15) is 14.4 Å². The van der Waals surface area contributed by atoms with E-state index in [1.54, 1.807) is 0 Å². The minimum absolute atomic E-state index is 0.0977. The van der Waals surface area contributed by atoms with E-state index >= 15 is 0 Å². The van der Waals surface area contributed by atoms with E-state index in [0.717, 1.165) is 122 Å². The molecule has 6 nitrogen and oxygen atoms in total. The maximum absolute atomic E-state index is 12.8. The molecule has 1 atom stereocenters. The Bertz CT molecular complexity index is 1330. The van der Waals surface area contributed by atoms with Gasteiger partial charge in [-0.2, -0.15) is 0 Å². The molecule has 0 unspecified atom stereocenters. The molecule has 0 fully saturated rings. The van der Waals surface area contributed by atoms with Gasteiger partial charge in [0.2, 0.25) is 0 Å². The van der Waals surface area contributed by atoms with E-state index in [1.165, 1.54) is 83.5 Å². The molecule has 0 spiro atoms. The van der Waals surface area contributed by atoms with Crippen molar-refractivity contribution in [2.24, 2.45) is 0 Å². The summed E-state index contributed by atoms with van der Waals surface area (Å²) >= 11 is 0. The van der Waals surface area contributed by atoms with Gasteiger partial charge < -0.3 is 14.2 Å². The van der Waals surface area contributed by atoms with E-state index in [-0.39, 0.29) is 37.5 Å². The van der Waals surface area contributed by atoms with Crippen molar-refractivity contribution < 1.29 is 28.6 Å². The maximum atomic E-state index is 12.8. The van der Waals surface area contributed by atoms with Crippen LogP contribution in [-0.4, -0.2) is 37.2 Å². The van der Waals surface area contributed by atoms with Crippen LogP contribution in [0.15, 0.2) is 97.2 Å². The van der Waals surface area contributed by atoms with Crippen LogP contribution in [0.3, 0.4) is 0 Å². The molecule has 0 aliphatic rings. The smallest absolute Gasteiger partial charge is 0.306 e. The number of unbranched alkanes of at least 4 members (excludes halogenated alkanes) is 21. The summed E-state index contributed by atoms with van der Waals surface area (Å²) < 4.78 is 16.8. The lowest BCUT2D eigenvalue weighted by molar-refractivity contribution is -0.167. The Morgan fingerprint density at radius 2 is 0.591 bits per heavy atom. The molecule has 6 heteroatoms. The number of rotatable bonds is 48. The van der Waals surface area contributed by atoms with E-state index in [4.69, 9.17) is 14.2 Å². The zero-order valence-electron chi connectivity index (χ0n) is 42.9. The van der Waals surface area contributed by atoms with Gasteiger partial charge in [-0.25, -0.2) is 0 Å². The molecule has 66 heavy (non-hydrogen) atoms. The van der Waals surface area contributed by atoms with Gasteiger partial charge >= 0.3 is 17.9 Å². The molecular weight excluding hydrogens is 817 g/mol. The third-order valence-electron chi connectivity index (χ3n) is 11.3. The van der Waals surface area contributed by atoms with Gasteiger partial charge in [-0.3, -0.25) is 14.4 Å². The first-order chi connectivity index (χ1) is 32.5. The van der Waals surface area contributed by atoms with Crippen LogP contribution >= 0.6 is 0 Å². The summed E-state index contributed by atoms with van der Waals surface area (Å²) in [7, 11) is 0. The van der Waals surface area contributed by atoms with Crippen molar-refractivity contribution in [3.05, 3.63) is 97.2 Å². The molecule has 0 amide bonds. The molecule has 0 N–H and O–H groups in total. The first-order valence-corrected chi connectivity index (χ1v) is 27.2. The second-order valence-corrected chi connectivity index (χ2v) is 17.8. The summed E-state index contributed by atoms with van der Waals surface area (Å²) in [5, 5.41) is 0. The highest BCUT2D eigenvalue weighted by Crippen LogP contribution is 2.14. The summed E-state index contributed by atoms with van der Waals surface area (Å²) in [6, 6.07) is 0. The molecule has 0 heterocycles. The van der Waals surface area contributed by atoms with Gasteiger partial charge in [0, 0.05) is 19.3 Å². The van der Waals surface area contributed by atoms with Crippen molar-refractivity contribution in [1.82, 2.24) is 0 Å². The molecule has 376 valence electrons. The summed E-state index contributed by atoms with van der Waals surface area (Å²) in [4.78, 5) is 38.0. The van der Waals surface area contributed by atoms with Gasteiger partial charge in [0.05, 0.1) is 0 Å². The average molecular weight is 917 g/mol. The highest BCUT2D eigenvalue weighted by atomic mass is 16.6. The Hall–Kier alpha value is -3.67. The molecule has 0 aliphatic carbocycles. The predicted molar refractivity (Wildman–Crippen MR) is 284 cm³/mol. The molecule has 0 aliphatic heterocycles. The third-order valence-corrected chi connectivity index (χ3v) is 11.3. The Morgan fingerprint density at radius 3 is 0.970 bits per heavy atom. The summed E-state index contributed by atoms with van der Waals surface area (Å²) in [6.45, 7) is 6.44. The predicted octanol–water partition coefficient (Wildman–Crippen LogP) is 18.1. The quantitative estimate of drug-likeness (QED) is 0.0262. The lowest BCUT2D eigenvalue weighted by atomic mass is 10.0. The van der Waals surface area contributed by atoms with Crippen molar-refractivity contribution in [2.75, 3.05) is 13.2 Å². The fourth-order valence-electron chi connectivity index (χ4n) is 7.24. The number of carbonyl (C=O) groups is 3. The van der Waals surface area contributed by atoms with Gasteiger partial charge in [0.25, 0.3) is 0 Å². The van der Waals surface area contributed by atoms with Crippen molar-refractivity contribution >= 4 is 17.9 Å². The van der Waals surface area contributed by atoms with Crippen LogP contribution in [0.5, 0.6) is 0 Å². The highest BCUT2D eigenvalue weighted by molar-refractivity contribution is 5.71. The van der Waals surface area contributed by atoms with Crippen molar-refractivity contribution in [3.8, 4) is 0 Å². The average Bonchev–Trinajstić information content (AvgIpc) is 3.31. The topological polar surface area (TPSA) is 78.9 Å². The zero-order chi connectivity index (χ0) is 47.9. The molecule has 0 bridgehead atoms. The number of hydrogen-bond acceptors (Lipinski definition) is 6. The second-order valence-electron chi connectivity index (χ2n) is 17.8. The lowest BCUT2D eigenvalue weighted by Gasteiger charge is -2.18. The van der Waals surface area contributed by atoms with Gasteiger partial charge in [0.15, 0.2) is 6.10 Å². The SMILES string of the molecule is CC/C=C\C/C=C\C/C=C\C/C=C\CCCCCCC(=O)OC[C@H](COC(=O)CCCCCCCCCCCCCC)OC(=O)CCCCC/C=C\C/C=C\C/C=C\C/C=C\CCCCC. The largest absolute Gasteiger partial charge is 0.462 e. The summed E-state index contributed by atoms with van der Waals surface area (Å²) in [6.07, 6.45) is 71.0. The monoisotopic (exact) mass is 917 g/mol. The van der Waals surface area contributed by atoms with E-state index in [1.807, 2.05) is 0 Å². The van der Waals surface area contributed by atoms with Gasteiger partial charge in [-0.05, 0) is 103 Å².